The van der Waals surface area contributed by atoms with Crippen LogP contribution in [0, 0.1) is 13.8 Å². The number of rotatable bonds is 2. The summed E-state index contributed by atoms with van der Waals surface area (Å²) in [6.07, 6.45) is 0.816. The molecule has 5 heteroatoms. The van der Waals surface area contributed by atoms with Crippen molar-refractivity contribution in [1.82, 2.24) is 14.4 Å². The average Bonchev–Trinajstić information content (AvgIpc) is 2.79. The maximum atomic E-state index is 5.61. The number of hydrogen-bond donors (Lipinski definition) is 2. The van der Waals surface area contributed by atoms with Crippen molar-refractivity contribution in [3.05, 3.63) is 33.6 Å². The molecule has 2 aromatic heterocycles. The molecule has 0 saturated heterocycles. The van der Waals surface area contributed by atoms with E-state index in [-0.39, 0.29) is 0 Å². The number of halogens is 1. The van der Waals surface area contributed by atoms with Crippen LogP contribution in [0.4, 0.5) is 0 Å². The highest BCUT2D eigenvalue weighted by Crippen LogP contribution is 2.26. The minimum Gasteiger partial charge on any atom is -0.330 e. The second-order valence-corrected chi connectivity index (χ2v) is 5.38. The smallest absolute Gasteiger partial charge is 0.213 e. The Morgan fingerprint density at radius 3 is 2.78 bits per heavy atom. The lowest BCUT2D eigenvalue weighted by atomic mass is 10.1. The van der Waals surface area contributed by atoms with Crippen LogP contribution in [-0.2, 0) is 6.42 Å². The van der Waals surface area contributed by atoms with Crippen molar-refractivity contribution < 1.29 is 0 Å². The summed E-state index contributed by atoms with van der Waals surface area (Å²) >= 11 is 3.63. The van der Waals surface area contributed by atoms with E-state index in [1.807, 2.05) is 0 Å². The number of aryl methyl sites for hydroxylation is 2. The van der Waals surface area contributed by atoms with Crippen molar-refractivity contribution >= 4 is 32.7 Å². The van der Waals surface area contributed by atoms with E-state index in [2.05, 4.69) is 56.3 Å². The van der Waals surface area contributed by atoms with Gasteiger partial charge in [0.05, 0.1) is 16.7 Å². The summed E-state index contributed by atoms with van der Waals surface area (Å²) in [4.78, 5) is 7.94. The fourth-order valence-corrected chi connectivity index (χ4v) is 2.90. The Labute approximate surface area is 113 Å². The van der Waals surface area contributed by atoms with E-state index in [0.29, 0.717) is 6.54 Å². The Hall–Kier alpha value is -1.33. The standard InChI is InChI=1S/C13H15BrN4/c1-7-5-10-11(6-8(7)2)18-12(14)9(3-4-15)16-13(18)17-10/h5-6H,3-4,15H2,1-2H3,(H,16,17). The molecule has 0 fully saturated rings. The van der Waals surface area contributed by atoms with Gasteiger partial charge in [-0.2, -0.15) is 0 Å². The third-order valence-electron chi connectivity index (χ3n) is 3.37. The molecule has 0 radical (unpaired) electrons. The van der Waals surface area contributed by atoms with E-state index in [1.54, 1.807) is 0 Å². The molecular formula is C13H15BrN4. The first-order chi connectivity index (χ1) is 8.61. The molecule has 0 spiro atoms. The number of nitrogens with two attached hydrogens (primary N) is 1. The molecule has 3 rings (SSSR count). The maximum absolute atomic E-state index is 5.61. The van der Waals surface area contributed by atoms with Crippen molar-refractivity contribution in [2.75, 3.05) is 6.54 Å². The Kier molecular flexibility index (Phi) is 2.68. The Morgan fingerprint density at radius 1 is 1.33 bits per heavy atom. The SMILES string of the molecule is Cc1cc2nc3[nH]c(CCN)c(Br)n3c2cc1C. The van der Waals surface area contributed by atoms with Crippen LogP contribution in [0.25, 0.3) is 16.8 Å². The second kappa shape index (κ2) is 4.10. The van der Waals surface area contributed by atoms with Gasteiger partial charge in [-0.1, -0.05) is 0 Å². The molecule has 18 heavy (non-hydrogen) atoms. The fourth-order valence-electron chi connectivity index (χ4n) is 2.25. The van der Waals surface area contributed by atoms with Crippen molar-refractivity contribution in [2.24, 2.45) is 5.73 Å². The largest absolute Gasteiger partial charge is 0.330 e. The molecule has 0 aliphatic carbocycles. The van der Waals surface area contributed by atoms with Crippen molar-refractivity contribution in [1.29, 1.82) is 0 Å². The molecule has 0 saturated carbocycles. The summed E-state index contributed by atoms with van der Waals surface area (Å²) in [6, 6.07) is 4.30. The van der Waals surface area contributed by atoms with Crippen LogP contribution in [0.3, 0.4) is 0 Å². The van der Waals surface area contributed by atoms with E-state index < -0.39 is 0 Å². The Bertz CT molecular complexity index is 738. The number of fused-ring (bicyclic) bond motifs is 3. The monoisotopic (exact) mass is 306 g/mol. The number of nitrogens with one attached hydrogen (secondary N) is 1. The molecule has 1 aromatic carbocycles. The molecular weight excluding hydrogens is 292 g/mol. The first kappa shape index (κ1) is 11.7. The van der Waals surface area contributed by atoms with Gasteiger partial charge in [0, 0.05) is 6.42 Å². The predicted octanol–water partition coefficient (Wildman–Crippen LogP) is 2.70. The maximum Gasteiger partial charge on any atom is 0.213 e. The lowest BCUT2D eigenvalue weighted by Crippen LogP contribution is -2.03. The molecule has 0 atom stereocenters. The highest BCUT2D eigenvalue weighted by molar-refractivity contribution is 9.10. The van der Waals surface area contributed by atoms with E-state index in [0.717, 1.165) is 33.5 Å². The van der Waals surface area contributed by atoms with E-state index in [1.165, 1.54) is 11.1 Å². The van der Waals surface area contributed by atoms with Gasteiger partial charge in [0.1, 0.15) is 4.60 Å². The highest BCUT2D eigenvalue weighted by Gasteiger charge is 2.14. The molecule has 0 unspecified atom stereocenters. The number of aromatic amines is 1. The predicted molar refractivity (Wildman–Crippen MR) is 77.0 cm³/mol. The zero-order chi connectivity index (χ0) is 12.9. The van der Waals surface area contributed by atoms with Gasteiger partial charge >= 0.3 is 0 Å². The molecule has 0 amide bonds. The third kappa shape index (κ3) is 1.58. The van der Waals surface area contributed by atoms with Crippen molar-refractivity contribution in [3.63, 3.8) is 0 Å². The zero-order valence-corrected chi connectivity index (χ0v) is 12.0. The molecule has 94 valence electrons. The number of H-pyrrole nitrogens is 1. The summed E-state index contributed by atoms with van der Waals surface area (Å²) < 4.78 is 3.13. The number of benzene rings is 1. The molecule has 0 aliphatic rings. The van der Waals surface area contributed by atoms with Crippen LogP contribution >= 0.6 is 15.9 Å². The molecule has 0 aliphatic heterocycles. The Morgan fingerprint density at radius 2 is 2.06 bits per heavy atom. The lowest BCUT2D eigenvalue weighted by Gasteiger charge is -2.00. The lowest BCUT2D eigenvalue weighted by molar-refractivity contribution is 0.928. The summed E-state index contributed by atoms with van der Waals surface area (Å²) in [5.41, 5.74) is 11.4. The number of nitrogens with zero attached hydrogens (tertiary/aromatic N) is 2. The topological polar surface area (TPSA) is 59.1 Å². The third-order valence-corrected chi connectivity index (χ3v) is 4.21. The highest BCUT2D eigenvalue weighted by atomic mass is 79.9. The van der Waals surface area contributed by atoms with E-state index in [4.69, 9.17) is 5.73 Å². The number of imidazole rings is 2. The summed E-state index contributed by atoms with van der Waals surface area (Å²) in [5.74, 6) is 0.866. The summed E-state index contributed by atoms with van der Waals surface area (Å²) in [6.45, 7) is 4.85. The minimum atomic E-state index is 0.623. The normalized spacial score (nSPS) is 11.8. The van der Waals surface area contributed by atoms with Crippen LogP contribution in [0.15, 0.2) is 16.7 Å². The molecule has 2 heterocycles. The number of aromatic nitrogens is 3. The molecule has 3 aromatic rings. The molecule has 3 N–H and O–H groups in total. The van der Waals surface area contributed by atoms with Gasteiger partial charge in [-0.25, -0.2) is 4.98 Å². The first-order valence-electron chi connectivity index (χ1n) is 5.97. The second-order valence-electron chi connectivity index (χ2n) is 4.63. The average molecular weight is 307 g/mol. The van der Waals surface area contributed by atoms with Crippen LogP contribution in [0.2, 0.25) is 0 Å². The fraction of sp³-hybridized carbons (Fsp3) is 0.308. The summed E-state index contributed by atoms with van der Waals surface area (Å²) in [7, 11) is 0. The minimum absolute atomic E-state index is 0.623. The quantitative estimate of drug-likeness (QED) is 0.765. The van der Waals surface area contributed by atoms with Gasteiger partial charge < -0.3 is 10.7 Å². The van der Waals surface area contributed by atoms with E-state index in [9.17, 15) is 0 Å². The van der Waals surface area contributed by atoms with E-state index >= 15 is 0 Å². The van der Waals surface area contributed by atoms with Gasteiger partial charge in [0.2, 0.25) is 5.78 Å². The van der Waals surface area contributed by atoms with Gasteiger partial charge in [0.25, 0.3) is 0 Å². The molecule has 0 bridgehead atoms. The van der Waals surface area contributed by atoms with Gasteiger partial charge in [-0.3, -0.25) is 4.40 Å². The van der Waals surface area contributed by atoms with Crippen LogP contribution in [-0.4, -0.2) is 20.9 Å². The zero-order valence-electron chi connectivity index (χ0n) is 10.4. The first-order valence-corrected chi connectivity index (χ1v) is 6.77. The molecule has 4 nitrogen and oxygen atoms in total. The van der Waals surface area contributed by atoms with Crippen LogP contribution in [0.1, 0.15) is 16.8 Å². The van der Waals surface area contributed by atoms with Gasteiger partial charge in [-0.05, 0) is 59.6 Å². The van der Waals surface area contributed by atoms with Gasteiger partial charge in [0.15, 0.2) is 0 Å². The van der Waals surface area contributed by atoms with Crippen molar-refractivity contribution in [3.8, 4) is 0 Å². The van der Waals surface area contributed by atoms with Crippen LogP contribution in [0.5, 0.6) is 0 Å². The number of hydrogen-bond acceptors (Lipinski definition) is 2. The van der Waals surface area contributed by atoms with Gasteiger partial charge in [-0.15, -0.1) is 0 Å². The Balaban J connectivity index is 2.36. The van der Waals surface area contributed by atoms with Crippen molar-refractivity contribution in [2.45, 2.75) is 20.3 Å². The summed E-state index contributed by atoms with van der Waals surface area (Å²) in [5, 5.41) is 0. The van der Waals surface area contributed by atoms with Crippen LogP contribution < -0.4 is 5.73 Å².